The van der Waals surface area contributed by atoms with Gasteiger partial charge >= 0.3 is 5.97 Å². The van der Waals surface area contributed by atoms with Gasteiger partial charge in [-0.3, -0.25) is 14.3 Å². The predicted molar refractivity (Wildman–Crippen MR) is 70.9 cm³/mol. The van der Waals surface area contributed by atoms with Gasteiger partial charge in [0.05, 0.1) is 17.7 Å². The van der Waals surface area contributed by atoms with Gasteiger partial charge in [-0.1, -0.05) is 6.92 Å². The van der Waals surface area contributed by atoms with Crippen LogP contribution in [-0.2, 0) is 16.1 Å². The summed E-state index contributed by atoms with van der Waals surface area (Å²) in [7, 11) is 0. The monoisotopic (exact) mass is 277 g/mol. The van der Waals surface area contributed by atoms with Gasteiger partial charge in [-0.25, -0.2) is 0 Å². The van der Waals surface area contributed by atoms with Crippen molar-refractivity contribution in [1.82, 2.24) is 14.7 Å². The van der Waals surface area contributed by atoms with E-state index in [2.05, 4.69) is 12.0 Å². The number of carboxylic acid groups (broad SMARTS) is 1. The van der Waals surface area contributed by atoms with Crippen LogP contribution in [0.25, 0.3) is 0 Å². The number of carboxylic acids is 1. The van der Waals surface area contributed by atoms with E-state index in [9.17, 15) is 14.7 Å². The molecule has 1 amide bonds. The first-order valence-electron chi connectivity index (χ1n) is 7.19. The molecule has 2 aliphatic rings. The SMILES string of the molecule is CCCn1nccc1C1C(C(=O)O)CC(=O)N1C1CC1. The fraction of sp³-hybridized carbons (Fsp3) is 0.643. The van der Waals surface area contributed by atoms with E-state index >= 15 is 0 Å². The summed E-state index contributed by atoms with van der Waals surface area (Å²) in [4.78, 5) is 25.5. The van der Waals surface area contributed by atoms with E-state index in [0.29, 0.717) is 0 Å². The van der Waals surface area contributed by atoms with Crippen molar-refractivity contribution < 1.29 is 14.7 Å². The minimum Gasteiger partial charge on any atom is -0.481 e. The number of hydrogen-bond donors (Lipinski definition) is 1. The molecule has 1 saturated heterocycles. The Balaban J connectivity index is 1.98. The molecule has 1 N–H and O–H groups in total. The first-order valence-corrected chi connectivity index (χ1v) is 7.19. The van der Waals surface area contributed by atoms with E-state index in [1.165, 1.54) is 0 Å². The average molecular weight is 277 g/mol. The molecular weight excluding hydrogens is 258 g/mol. The molecule has 0 bridgehead atoms. The minimum atomic E-state index is -0.893. The normalized spacial score (nSPS) is 26.2. The van der Waals surface area contributed by atoms with Gasteiger partial charge in [0.15, 0.2) is 0 Å². The van der Waals surface area contributed by atoms with E-state index in [-0.39, 0.29) is 24.4 Å². The summed E-state index contributed by atoms with van der Waals surface area (Å²) in [5.41, 5.74) is 0.858. The third-order valence-electron chi connectivity index (χ3n) is 4.11. The van der Waals surface area contributed by atoms with Crippen molar-refractivity contribution in [2.75, 3.05) is 0 Å². The molecule has 1 saturated carbocycles. The van der Waals surface area contributed by atoms with Gasteiger partial charge in [0.2, 0.25) is 5.91 Å². The van der Waals surface area contributed by atoms with Gasteiger partial charge in [0, 0.05) is 25.2 Å². The fourth-order valence-corrected chi connectivity index (χ4v) is 3.10. The van der Waals surface area contributed by atoms with Crippen LogP contribution in [0.5, 0.6) is 0 Å². The van der Waals surface area contributed by atoms with Crippen LogP contribution < -0.4 is 0 Å². The summed E-state index contributed by atoms with van der Waals surface area (Å²) in [6.07, 6.45) is 4.69. The van der Waals surface area contributed by atoms with Crippen LogP contribution in [-0.4, -0.2) is 37.7 Å². The Bertz CT molecular complexity index is 536. The Morgan fingerprint density at radius 2 is 2.25 bits per heavy atom. The van der Waals surface area contributed by atoms with Gasteiger partial charge in [-0.2, -0.15) is 5.10 Å². The molecule has 0 spiro atoms. The first-order chi connectivity index (χ1) is 9.63. The smallest absolute Gasteiger partial charge is 0.309 e. The van der Waals surface area contributed by atoms with Crippen LogP contribution in [0.2, 0.25) is 0 Å². The molecule has 2 fully saturated rings. The molecule has 6 heteroatoms. The first kappa shape index (κ1) is 13.1. The highest BCUT2D eigenvalue weighted by molar-refractivity contribution is 5.87. The number of rotatable bonds is 5. The van der Waals surface area contributed by atoms with E-state index < -0.39 is 11.9 Å². The Kier molecular flexibility index (Phi) is 3.23. The lowest BCUT2D eigenvalue weighted by Crippen LogP contribution is -2.34. The average Bonchev–Trinajstić information content (AvgIpc) is 3.03. The zero-order valence-electron chi connectivity index (χ0n) is 11.5. The van der Waals surface area contributed by atoms with Crippen molar-refractivity contribution in [2.45, 2.75) is 51.2 Å². The topological polar surface area (TPSA) is 75.4 Å². The molecule has 1 aromatic heterocycles. The third-order valence-corrected chi connectivity index (χ3v) is 4.11. The van der Waals surface area contributed by atoms with Crippen LogP contribution in [0.4, 0.5) is 0 Å². The molecule has 108 valence electrons. The largest absolute Gasteiger partial charge is 0.481 e. The Morgan fingerprint density at radius 1 is 1.50 bits per heavy atom. The van der Waals surface area contributed by atoms with E-state index in [4.69, 9.17) is 0 Å². The number of amides is 1. The lowest BCUT2D eigenvalue weighted by molar-refractivity contribution is -0.142. The zero-order valence-corrected chi connectivity index (χ0v) is 11.5. The molecule has 3 rings (SSSR count). The second-order valence-electron chi connectivity index (χ2n) is 5.61. The molecule has 1 aliphatic heterocycles. The zero-order chi connectivity index (χ0) is 14.3. The van der Waals surface area contributed by atoms with Crippen LogP contribution in [0.1, 0.15) is 44.3 Å². The molecule has 20 heavy (non-hydrogen) atoms. The van der Waals surface area contributed by atoms with Crippen molar-refractivity contribution in [3.63, 3.8) is 0 Å². The lowest BCUT2D eigenvalue weighted by atomic mass is 9.97. The van der Waals surface area contributed by atoms with Gasteiger partial charge in [-0.05, 0) is 25.3 Å². The quantitative estimate of drug-likeness (QED) is 0.883. The van der Waals surface area contributed by atoms with Crippen molar-refractivity contribution in [3.8, 4) is 0 Å². The van der Waals surface area contributed by atoms with Gasteiger partial charge < -0.3 is 10.0 Å². The minimum absolute atomic E-state index is 0.0332. The highest BCUT2D eigenvalue weighted by atomic mass is 16.4. The maximum atomic E-state index is 12.2. The maximum Gasteiger partial charge on any atom is 0.309 e. The molecule has 0 radical (unpaired) electrons. The molecule has 2 heterocycles. The van der Waals surface area contributed by atoms with Crippen LogP contribution in [0.15, 0.2) is 12.3 Å². The van der Waals surface area contributed by atoms with E-state index in [0.717, 1.165) is 31.5 Å². The second-order valence-corrected chi connectivity index (χ2v) is 5.61. The second kappa shape index (κ2) is 4.92. The molecule has 0 aromatic carbocycles. The van der Waals surface area contributed by atoms with Crippen molar-refractivity contribution in [1.29, 1.82) is 0 Å². The van der Waals surface area contributed by atoms with Gasteiger partial charge in [0.1, 0.15) is 0 Å². The predicted octanol–water partition coefficient (Wildman–Crippen LogP) is 1.43. The fourth-order valence-electron chi connectivity index (χ4n) is 3.10. The maximum absolute atomic E-state index is 12.2. The number of aromatic nitrogens is 2. The Morgan fingerprint density at radius 3 is 2.85 bits per heavy atom. The highest BCUT2D eigenvalue weighted by Crippen LogP contribution is 2.44. The molecule has 1 aromatic rings. The summed E-state index contributed by atoms with van der Waals surface area (Å²) in [6, 6.07) is 1.72. The molecule has 6 nitrogen and oxygen atoms in total. The summed E-state index contributed by atoms with van der Waals surface area (Å²) < 4.78 is 1.84. The lowest BCUT2D eigenvalue weighted by Gasteiger charge is -2.27. The third kappa shape index (κ3) is 2.09. The molecular formula is C14H19N3O3. The van der Waals surface area contributed by atoms with Crippen molar-refractivity contribution in [3.05, 3.63) is 18.0 Å². The summed E-state index contributed by atoms with van der Waals surface area (Å²) >= 11 is 0. The van der Waals surface area contributed by atoms with Crippen LogP contribution in [0.3, 0.4) is 0 Å². The molecule has 2 unspecified atom stereocenters. The number of aliphatic carboxylic acids is 1. The van der Waals surface area contributed by atoms with Crippen LogP contribution in [0, 0.1) is 5.92 Å². The number of carbonyl (C=O) groups excluding carboxylic acids is 1. The number of nitrogens with zero attached hydrogens (tertiary/aromatic N) is 3. The van der Waals surface area contributed by atoms with Crippen molar-refractivity contribution in [2.24, 2.45) is 5.92 Å². The summed E-state index contributed by atoms with van der Waals surface area (Å²) in [6.45, 7) is 2.80. The van der Waals surface area contributed by atoms with Crippen molar-refractivity contribution >= 4 is 11.9 Å². The summed E-state index contributed by atoms with van der Waals surface area (Å²) in [5, 5.41) is 13.7. The summed E-state index contributed by atoms with van der Waals surface area (Å²) in [5.74, 6) is -1.58. The number of aryl methyl sites for hydroxylation is 1. The van der Waals surface area contributed by atoms with E-state index in [1.54, 1.807) is 11.1 Å². The molecule has 1 aliphatic carbocycles. The highest BCUT2D eigenvalue weighted by Gasteiger charge is 2.50. The standard InChI is InChI=1S/C14H19N3O3/c1-2-7-16-11(5-6-15-16)13-10(14(19)20)8-12(18)17(13)9-3-4-9/h5-6,9-10,13H,2-4,7-8H2,1H3,(H,19,20). The van der Waals surface area contributed by atoms with E-state index in [1.807, 2.05) is 10.7 Å². The van der Waals surface area contributed by atoms with Crippen LogP contribution >= 0.6 is 0 Å². The number of hydrogen-bond acceptors (Lipinski definition) is 3. The van der Waals surface area contributed by atoms with Gasteiger partial charge in [-0.15, -0.1) is 0 Å². The number of carbonyl (C=O) groups is 2. The van der Waals surface area contributed by atoms with Gasteiger partial charge in [0.25, 0.3) is 0 Å². The number of likely N-dealkylation sites (tertiary alicyclic amines) is 1. The Hall–Kier alpha value is -1.85. The Labute approximate surface area is 117 Å². The molecule has 2 atom stereocenters.